The summed E-state index contributed by atoms with van der Waals surface area (Å²) in [6.45, 7) is 0. The molecule has 2 heterocycles. The first-order chi connectivity index (χ1) is 11.5. The molecule has 3 nitrogen and oxygen atoms in total. The van der Waals surface area contributed by atoms with Crippen molar-refractivity contribution in [1.29, 1.82) is 0 Å². The zero-order valence-corrected chi connectivity index (χ0v) is 13.9. The molecule has 3 rings (SSSR count). The second-order valence-electron chi connectivity index (χ2n) is 6.58. The van der Waals surface area contributed by atoms with Crippen molar-refractivity contribution in [2.45, 2.75) is 60.5 Å². The van der Waals surface area contributed by atoms with Gasteiger partial charge in [-0.3, -0.25) is 4.21 Å². The van der Waals surface area contributed by atoms with Gasteiger partial charge in [-0.2, -0.15) is 22.0 Å². The van der Waals surface area contributed by atoms with Crippen LogP contribution in [0.25, 0.3) is 0 Å². The fraction of sp³-hybridized carbons (Fsp3) is 0.625. The molecule has 2 aliphatic rings. The largest absolute Gasteiger partial charge is 0.499 e. The van der Waals surface area contributed by atoms with Gasteiger partial charge in [-0.15, -0.1) is 0 Å². The Balaban J connectivity index is 1.77. The molecular weight excluding hydrogens is 367 g/mol. The number of alkyl halides is 5. The van der Waals surface area contributed by atoms with E-state index in [1.807, 2.05) is 0 Å². The van der Waals surface area contributed by atoms with Crippen LogP contribution in [0.1, 0.15) is 37.7 Å². The Labute approximate surface area is 143 Å². The van der Waals surface area contributed by atoms with Gasteiger partial charge in [-0.1, -0.05) is 18.6 Å². The lowest BCUT2D eigenvalue weighted by atomic mass is 9.80. The van der Waals surface area contributed by atoms with Gasteiger partial charge in [0.05, 0.1) is 5.60 Å². The maximum absolute atomic E-state index is 12.9. The van der Waals surface area contributed by atoms with Crippen molar-refractivity contribution >= 4 is 10.8 Å². The van der Waals surface area contributed by atoms with Crippen LogP contribution in [0.5, 0.6) is 5.75 Å². The second kappa shape index (κ2) is 6.19. The molecule has 25 heavy (non-hydrogen) atoms. The Morgan fingerprint density at radius 2 is 1.56 bits per heavy atom. The van der Waals surface area contributed by atoms with Gasteiger partial charge in [0.15, 0.2) is 0 Å². The first kappa shape index (κ1) is 18.6. The van der Waals surface area contributed by atoms with E-state index in [0.29, 0.717) is 5.56 Å². The molecule has 9 heteroatoms. The van der Waals surface area contributed by atoms with Crippen LogP contribution in [0, 0.1) is 0 Å². The molecule has 1 aromatic carbocycles. The summed E-state index contributed by atoms with van der Waals surface area (Å²) in [5.41, 5.74) is -0.849. The molecule has 140 valence electrons. The summed E-state index contributed by atoms with van der Waals surface area (Å²) in [6, 6.07) is 4.53. The average molecular weight is 384 g/mol. The van der Waals surface area contributed by atoms with Crippen molar-refractivity contribution in [1.82, 2.24) is 0 Å². The zero-order valence-electron chi connectivity index (χ0n) is 13.1. The lowest BCUT2D eigenvalue weighted by Crippen LogP contribution is -2.47. The van der Waals surface area contributed by atoms with Crippen molar-refractivity contribution in [2.24, 2.45) is 0 Å². The van der Waals surface area contributed by atoms with Gasteiger partial charge < -0.3 is 9.84 Å². The van der Waals surface area contributed by atoms with Crippen LogP contribution in [-0.2, 0) is 16.4 Å². The third kappa shape index (κ3) is 3.53. The molecule has 0 saturated carbocycles. The summed E-state index contributed by atoms with van der Waals surface area (Å²) in [5, 5.41) is 10.7. The Hall–Kier alpha value is -1.22. The van der Waals surface area contributed by atoms with Crippen LogP contribution in [0.15, 0.2) is 24.3 Å². The summed E-state index contributed by atoms with van der Waals surface area (Å²) in [5.74, 6) is -0.644. The maximum Gasteiger partial charge on any atom is 0.499 e. The number of halogens is 5. The van der Waals surface area contributed by atoms with Crippen LogP contribution in [0.2, 0.25) is 0 Å². The van der Waals surface area contributed by atoms with E-state index >= 15 is 0 Å². The summed E-state index contributed by atoms with van der Waals surface area (Å²) in [7, 11) is -0.993. The molecule has 2 unspecified atom stereocenters. The summed E-state index contributed by atoms with van der Waals surface area (Å²) < 4.78 is 78.3. The third-order valence-electron chi connectivity index (χ3n) is 4.81. The highest BCUT2D eigenvalue weighted by Gasteiger charge is 2.61. The highest BCUT2D eigenvalue weighted by atomic mass is 32.2. The predicted octanol–water partition coefficient (Wildman–Crippen LogP) is 3.87. The minimum Gasteiger partial charge on any atom is -0.426 e. The fourth-order valence-electron chi connectivity index (χ4n) is 3.56. The number of fused-ring (bicyclic) bond motifs is 2. The Kier molecular flexibility index (Phi) is 4.60. The molecule has 0 aliphatic carbocycles. The minimum atomic E-state index is -5.81. The molecule has 2 bridgehead atoms. The number of hydrogen-bond acceptors (Lipinski definition) is 3. The highest BCUT2D eigenvalue weighted by molar-refractivity contribution is 7.86. The van der Waals surface area contributed by atoms with Crippen LogP contribution in [0.3, 0.4) is 0 Å². The first-order valence-corrected chi connectivity index (χ1v) is 9.15. The van der Waals surface area contributed by atoms with E-state index in [-0.39, 0.29) is 23.3 Å². The van der Waals surface area contributed by atoms with Gasteiger partial charge in [0.2, 0.25) is 0 Å². The van der Waals surface area contributed by atoms with E-state index in [4.69, 9.17) is 0 Å². The topological polar surface area (TPSA) is 46.5 Å². The number of rotatable bonds is 3. The number of aliphatic hydroxyl groups is 1. The highest BCUT2D eigenvalue weighted by Crippen LogP contribution is 2.45. The van der Waals surface area contributed by atoms with E-state index in [9.17, 15) is 31.3 Å². The van der Waals surface area contributed by atoms with E-state index in [1.54, 1.807) is 0 Å². The molecule has 2 saturated heterocycles. The predicted molar refractivity (Wildman–Crippen MR) is 80.8 cm³/mol. The van der Waals surface area contributed by atoms with Crippen LogP contribution in [0.4, 0.5) is 22.0 Å². The van der Waals surface area contributed by atoms with Crippen molar-refractivity contribution in [2.75, 3.05) is 0 Å². The zero-order chi connectivity index (χ0) is 18.5. The molecular formula is C16H17F5O3S. The SMILES string of the molecule is O=S1C2CCCC1CC(O)(c1ccc(OC(F)(F)C(F)(F)F)cc1)C2. The van der Waals surface area contributed by atoms with Gasteiger partial charge >= 0.3 is 12.3 Å². The molecule has 0 amide bonds. The van der Waals surface area contributed by atoms with Crippen LogP contribution < -0.4 is 4.74 Å². The second-order valence-corrected chi connectivity index (χ2v) is 8.57. The fourth-order valence-corrected chi connectivity index (χ4v) is 5.78. The number of benzene rings is 1. The smallest absolute Gasteiger partial charge is 0.426 e. The lowest BCUT2D eigenvalue weighted by molar-refractivity contribution is -0.360. The van der Waals surface area contributed by atoms with Crippen molar-refractivity contribution in [3.63, 3.8) is 0 Å². The van der Waals surface area contributed by atoms with E-state index < -0.39 is 34.4 Å². The normalized spacial score (nSPS) is 33.1. The third-order valence-corrected chi connectivity index (χ3v) is 6.93. The summed E-state index contributed by atoms with van der Waals surface area (Å²) in [6.07, 6.45) is -8.06. The number of ether oxygens (including phenoxy) is 1. The monoisotopic (exact) mass is 384 g/mol. The Bertz CT molecular complexity index is 643. The molecule has 2 aliphatic heterocycles. The summed E-state index contributed by atoms with van der Waals surface area (Å²) >= 11 is 0. The van der Waals surface area contributed by atoms with Gasteiger partial charge in [-0.25, -0.2) is 0 Å². The van der Waals surface area contributed by atoms with Crippen molar-refractivity contribution in [3.05, 3.63) is 29.8 Å². The molecule has 0 radical (unpaired) electrons. The molecule has 1 N–H and O–H groups in total. The van der Waals surface area contributed by atoms with Gasteiger partial charge in [0.25, 0.3) is 0 Å². The average Bonchev–Trinajstić information content (AvgIpc) is 2.48. The van der Waals surface area contributed by atoms with E-state index in [1.165, 1.54) is 12.1 Å². The van der Waals surface area contributed by atoms with Gasteiger partial charge in [-0.05, 0) is 43.4 Å². The Morgan fingerprint density at radius 1 is 1.04 bits per heavy atom. The lowest BCUT2D eigenvalue weighted by Gasteiger charge is -2.43. The van der Waals surface area contributed by atoms with E-state index in [0.717, 1.165) is 31.4 Å². The van der Waals surface area contributed by atoms with Gasteiger partial charge in [0, 0.05) is 21.3 Å². The molecule has 2 fully saturated rings. The first-order valence-electron chi connectivity index (χ1n) is 7.88. The molecule has 0 spiro atoms. The molecule has 1 aromatic rings. The number of hydrogen-bond donors (Lipinski definition) is 1. The van der Waals surface area contributed by atoms with Crippen molar-refractivity contribution < 1.29 is 36.0 Å². The standard InChI is InChI=1S/C16H17F5O3S/c17-15(18,19)16(20,21)24-11-6-4-10(5-7-11)14(22)8-12-2-1-3-13(9-14)25(12)23/h4-7,12-13,22H,1-3,8-9H2. The molecule has 0 aromatic heterocycles. The van der Waals surface area contributed by atoms with Crippen LogP contribution >= 0.6 is 0 Å². The van der Waals surface area contributed by atoms with Gasteiger partial charge in [0.1, 0.15) is 5.75 Å². The Morgan fingerprint density at radius 3 is 2.04 bits per heavy atom. The minimum absolute atomic E-state index is 0.122. The molecule has 2 atom stereocenters. The van der Waals surface area contributed by atoms with Crippen molar-refractivity contribution in [3.8, 4) is 5.75 Å². The summed E-state index contributed by atoms with van der Waals surface area (Å²) in [4.78, 5) is 0. The van der Waals surface area contributed by atoms with Crippen LogP contribution in [-0.4, -0.2) is 32.1 Å². The van der Waals surface area contributed by atoms with E-state index in [2.05, 4.69) is 4.74 Å². The maximum atomic E-state index is 12.9. The quantitative estimate of drug-likeness (QED) is 0.805.